The van der Waals surface area contributed by atoms with E-state index in [1.54, 1.807) is 17.0 Å². The van der Waals surface area contributed by atoms with Crippen LogP contribution in [0.25, 0.3) is 0 Å². The third kappa shape index (κ3) is 2.86. The molecular weight excluding hydrogens is 317 g/mol. The fraction of sp³-hybridized carbons (Fsp3) is 0.500. The highest BCUT2D eigenvalue weighted by atomic mass is 19.1. The Labute approximate surface area is 147 Å². The molecule has 5 heteroatoms. The molecule has 4 nitrogen and oxygen atoms in total. The summed E-state index contributed by atoms with van der Waals surface area (Å²) in [5, 5.41) is 4.63. The van der Waals surface area contributed by atoms with Crippen LogP contribution in [-0.4, -0.2) is 27.1 Å². The zero-order valence-corrected chi connectivity index (χ0v) is 15.0. The normalized spacial score (nSPS) is 20.5. The number of nitrogens with zero attached hydrogens (tertiary/aromatic N) is 3. The molecule has 1 aliphatic carbocycles. The van der Waals surface area contributed by atoms with Crippen LogP contribution in [0.1, 0.15) is 73.7 Å². The van der Waals surface area contributed by atoms with Gasteiger partial charge in [-0.2, -0.15) is 5.10 Å². The van der Waals surface area contributed by atoms with Crippen molar-refractivity contribution in [2.75, 3.05) is 6.54 Å². The van der Waals surface area contributed by atoms with E-state index in [0.29, 0.717) is 23.7 Å². The molecule has 0 radical (unpaired) electrons. The maximum atomic E-state index is 14.1. The van der Waals surface area contributed by atoms with Crippen LogP contribution < -0.4 is 0 Å². The molecule has 0 unspecified atom stereocenters. The standard InChI is InChI=1S/C20H24FN3O/c1-20(2,3)24-18(13-8-9-13)12-16(22-24)19(25)23-11-10-17(23)14-6-4-5-7-15(14)21/h4-7,12-13,17H,8-11H2,1-3H3/t17-/m1/s1. The highest BCUT2D eigenvalue weighted by Gasteiger charge is 2.38. The van der Waals surface area contributed by atoms with Crippen molar-refractivity contribution in [2.24, 2.45) is 0 Å². The molecule has 25 heavy (non-hydrogen) atoms. The van der Waals surface area contributed by atoms with Gasteiger partial charge in [0.2, 0.25) is 0 Å². The van der Waals surface area contributed by atoms with Gasteiger partial charge in [0.25, 0.3) is 5.91 Å². The van der Waals surface area contributed by atoms with Crippen LogP contribution >= 0.6 is 0 Å². The fourth-order valence-electron chi connectivity index (χ4n) is 3.55. The Morgan fingerprint density at radius 3 is 2.48 bits per heavy atom. The molecule has 0 spiro atoms. The largest absolute Gasteiger partial charge is 0.330 e. The highest BCUT2D eigenvalue weighted by Crippen LogP contribution is 2.42. The van der Waals surface area contributed by atoms with Gasteiger partial charge in [-0.25, -0.2) is 4.39 Å². The Kier molecular flexibility index (Phi) is 3.71. The molecule has 1 saturated carbocycles. The molecule has 1 aromatic heterocycles. The molecule has 1 atom stereocenters. The van der Waals surface area contributed by atoms with E-state index >= 15 is 0 Å². The van der Waals surface area contributed by atoms with Gasteiger partial charge < -0.3 is 4.90 Å². The summed E-state index contributed by atoms with van der Waals surface area (Å²) in [4.78, 5) is 14.7. The quantitative estimate of drug-likeness (QED) is 0.837. The lowest BCUT2D eigenvalue weighted by Crippen LogP contribution is -2.45. The number of benzene rings is 1. The minimum absolute atomic E-state index is 0.0931. The molecule has 2 fully saturated rings. The molecule has 0 N–H and O–H groups in total. The number of hydrogen-bond acceptors (Lipinski definition) is 2. The van der Waals surface area contributed by atoms with Crippen LogP contribution in [0.15, 0.2) is 30.3 Å². The lowest BCUT2D eigenvalue weighted by atomic mass is 9.94. The summed E-state index contributed by atoms with van der Waals surface area (Å²) in [6.45, 7) is 6.96. The number of hydrogen-bond donors (Lipinski definition) is 0. The van der Waals surface area contributed by atoms with Crippen LogP contribution in [-0.2, 0) is 5.54 Å². The van der Waals surface area contributed by atoms with E-state index in [2.05, 4.69) is 25.9 Å². The first kappa shape index (κ1) is 16.3. The van der Waals surface area contributed by atoms with Gasteiger partial charge in [-0.05, 0) is 52.2 Å². The number of halogens is 1. The minimum Gasteiger partial charge on any atom is -0.330 e. The number of rotatable bonds is 3. The van der Waals surface area contributed by atoms with E-state index in [1.807, 2.05) is 16.8 Å². The number of carbonyl (C=O) groups excluding carboxylic acids is 1. The van der Waals surface area contributed by atoms with E-state index < -0.39 is 0 Å². The SMILES string of the molecule is CC(C)(C)n1nc(C(=O)N2CC[C@@H]2c2ccccc2F)cc1C1CC1. The molecular formula is C20H24FN3O. The maximum absolute atomic E-state index is 14.1. The Morgan fingerprint density at radius 1 is 1.20 bits per heavy atom. The van der Waals surface area contributed by atoms with Gasteiger partial charge in [-0.1, -0.05) is 18.2 Å². The summed E-state index contributed by atoms with van der Waals surface area (Å²) >= 11 is 0. The van der Waals surface area contributed by atoms with Gasteiger partial charge in [0, 0.05) is 23.7 Å². The Balaban J connectivity index is 1.62. The van der Waals surface area contributed by atoms with E-state index in [9.17, 15) is 9.18 Å². The summed E-state index contributed by atoms with van der Waals surface area (Å²) in [5.41, 5.74) is 2.08. The van der Waals surface area contributed by atoms with E-state index in [-0.39, 0.29) is 23.3 Å². The fourth-order valence-corrected chi connectivity index (χ4v) is 3.55. The predicted molar refractivity (Wildman–Crippen MR) is 94.0 cm³/mol. The van der Waals surface area contributed by atoms with E-state index in [1.165, 1.54) is 6.07 Å². The van der Waals surface area contributed by atoms with Gasteiger partial charge >= 0.3 is 0 Å². The maximum Gasteiger partial charge on any atom is 0.274 e. The molecule has 1 aliphatic heterocycles. The van der Waals surface area contributed by atoms with Crippen LogP contribution in [0.5, 0.6) is 0 Å². The predicted octanol–water partition coefficient (Wildman–Crippen LogP) is 4.24. The summed E-state index contributed by atoms with van der Waals surface area (Å²) in [5.74, 6) is 0.181. The monoisotopic (exact) mass is 341 g/mol. The number of amides is 1. The second-order valence-electron chi connectivity index (χ2n) is 8.14. The summed E-state index contributed by atoms with van der Waals surface area (Å²) < 4.78 is 16.1. The topological polar surface area (TPSA) is 38.1 Å². The van der Waals surface area contributed by atoms with Gasteiger partial charge in [0.05, 0.1) is 11.6 Å². The Morgan fingerprint density at radius 2 is 1.92 bits per heavy atom. The van der Waals surface area contributed by atoms with E-state index in [0.717, 1.165) is 25.0 Å². The van der Waals surface area contributed by atoms with Gasteiger partial charge in [0.15, 0.2) is 5.69 Å². The van der Waals surface area contributed by atoms with Crippen molar-refractivity contribution in [3.8, 4) is 0 Å². The van der Waals surface area contributed by atoms with Crippen molar-refractivity contribution in [3.05, 3.63) is 53.1 Å². The van der Waals surface area contributed by atoms with Crippen molar-refractivity contribution < 1.29 is 9.18 Å². The van der Waals surface area contributed by atoms with Crippen LogP contribution in [0.3, 0.4) is 0 Å². The summed E-state index contributed by atoms with van der Waals surface area (Å²) in [6, 6.07) is 8.48. The first-order valence-electron chi connectivity index (χ1n) is 9.02. The van der Waals surface area contributed by atoms with Gasteiger partial charge in [-0.3, -0.25) is 9.48 Å². The zero-order chi connectivity index (χ0) is 17.8. The second-order valence-corrected chi connectivity index (χ2v) is 8.14. The highest BCUT2D eigenvalue weighted by molar-refractivity contribution is 5.93. The lowest BCUT2D eigenvalue weighted by molar-refractivity contribution is 0.0445. The van der Waals surface area contributed by atoms with Crippen molar-refractivity contribution in [3.63, 3.8) is 0 Å². The smallest absolute Gasteiger partial charge is 0.274 e. The molecule has 132 valence electrons. The molecule has 1 aromatic carbocycles. The summed E-state index contributed by atoms with van der Waals surface area (Å²) in [7, 11) is 0. The third-order valence-corrected chi connectivity index (χ3v) is 5.13. The first-order valence-corrected chi connectivity index (χ1v) is 9.02. The van der Waals surface area contributed by atoms with E-state index in [4.69, 9.17) is 0 Å². The summed E-state index contributed by atoms with van der Waals surface area (Å²) in [6.07, 6.45) is 3.12. The molecule has 4 rings (SSSR count). The minimum atomic E-state index is -0.246. The molecule has 0 bridgehead atoms. The molecule has 2 heterocycles. The van der Waals surface area contributed by atoms with Crippen molar-refractivity contribution in [2.45, 2.75) is 57.5 Å². The Hall–Kier alpha value is -2.17. The molecule has 2 aliphatic rings. The van der Waals surface area contributed by atoms with Crippen molar-refractivity contribution in [1.82, 2.24) is 14.7 Å². The van der Waals surface area contributed by atoms with Gasteiger partial charge in [0.1, 0.15) is 5.82 Å². The molecule has 2 aromatic rings. The molecule has 1 saturated heterocycles. The lowest BCUT2D eigenvalue weighted by Gasteiger charge is -2.41. The van der Waals surface area contributed by atoms with Crippen molar-refractivity contribution in [1.29, 1.82) is 0 Å². The van der Waals surface area contributed by atoms with Crippen LogP contribution in [0.2, 0.25) is 0 Å². The van der Waals surface area contributed by atoms with Crippen molar-refractivity contribution >= 4 is 5.91 Å². The molecule has 1 amide bonds. The number of likely N-dealkylation sites (tertiary alicyclic amines) is 1. The Bertz CT molecular complexity index is 817. The zero-order valence-electron chi connectivity index (χ0n) is 15.0. The van der Waals surface area contributed by atoms with Crippen LogP contribution in [0.4, 0.5) is 4.39 Å². The third-order valence-electron chi connectivity index (χ3n) is 5.13. The first-order chi connectivity index (χ1) is 11.9. The van der Waals surface area contributed by atoms with Gasteiger partial charge in [-0.15, -0.1) is 0 Å². The average molecular weight is 341 g/mol. The van der Waals surface area contributed by atoms with Crippen LogP contribution in [0, 0.1) is 5.82 Å². The second kappa shape index (κ2) is 5.68. The number of carbonyl (C=O) groups is 1. The number of aromatic nitrogens is 2. The average Bonchev–Trinajstić information content (AvgIpc) is 3.25.